The fraction of sp³-hybridized carbons (Fsp3) is 0.464. The van der Waals surface area contributed by atoms with Crippen LogP contribution in [0.2, 0.25) is 0 Å². The number of carbonyl (C=O) groups excluding carboxylic acids is 3. The first-order valence-corrected chi connectivity index (χ1v) is 12.7. The number of unbranched alkanes of at least 4 members (excludes halogenated alkanes) is 2. The van der Waals surface area contributed by atoms with E-state index in [2.05, 4.69) is 17.1 Å². The van der Waals surface area contributed by atoms with Crippen molar-refractivity contribution in [3.8, 4) is 5.75 Å². The molecule has 3 rings (SSSR count). The number of nitrogens with one attached hydrogen (secondary N) is 1. The third kappa shape index (κ3) is 8.68. The van der Waals surface area contributed by atoms with E-state index in [0.29, 0.717) is 31.1 Å². The molecule has 0 radical (unpaired) electrons. The molecular weight excluding hydrogens is 458 g/mol. The lowest BCUT2D eigenvalue weighted by Gasteiger charge is -2.28. The summed E-state index contributed by atoms with van der Waals surface area (Å²) in [7, 11) is 1.57. The number of carbonyl (C=O) groups is 3. The first-order chi connectivity index (χ1) is 17.5. The number of rotatable bonds is 13. The van der Waals surface area contributed by atoms with E-state index in [1.807, 2.05) is 24.3 Å². The van der Waals surface area contributed by atoms with Crippen LogP contribution in [0, 0.1) is 0 Å². The molecule has 0 unspecified atom stereocenters. The van der Waals surface area contributed by atoms with Crippen molar-refractivity contribution in [1.82, 2.24) is 4.90 Å². The molecule has 0 aliphatic carbocycles. The molecule has 36 heavy (non-hydrogen) atoms. The number of anilines is 2. The van der Waals surface area contributed by atoms with Crippen molar-refractivity contribution in [3.05, 3.63) is 54.1 Å². The topological polar surface area (TPSA) is 88.2 Å². The van der Waals surface area contributed by atoms with Gasteiger partial charge in [0.1, 0.15) is 5.75 Å². The lowest BCUT2D eigenvalue weighted by Crippen LogP contribution is -2.36. The van der Waals surface area contributed by atoms with Gasteiger partial charge in [-0.15, -0.1) is 0 Å². The maximum atomic E-state index is 12.5. The smallest absolute Gasteiger partial charge is 0.243 e. The standard InChI is InChI=1S/C28H37N3O5/c1-3-4-5-18-36-25-12-6-22(7-13-25)26(32)14-15-28(34)30(2)21-27(33)29-23-8-10-24(11-9-23)31-16-19-35-20-17-31/h6-13H,3-5,14-21H2,1-2H3,(H,29,33). The van der Waals surface area contributed by atoms with E-state index in [1.54, 1.807) is 31.3 Å². The number of ketones is 1. The van der Waals surface area contributed by atoms with Crippen LogP contribution in [0.1, 0.15) is 49.4 Å². The third-order valence-corrected chi connectivity index (χ3v) is 6.09. The Morgan fingerprint density at radius 2 is 1.67 bits per heavy atom. The number of ether oxygens (including phenoxy) is 2. The minimum Gasteiger partial charge on any atom is -0.494 e. The molecular formula is C28H37N3O5. The SMILES string of the molecule is CCCCCOc1ccc(C(=O)CCC(=O)N(C)CC(=O)Nc2ccc(N3CCOCC3)cc2)cc1. The fourth-order valence-corrected chi connectivity index (χ4v) is 3.92. The van der Waals surface area contributed by atoms with Crippen LogP contribution in [-0.4, -0.2) is 69.0 Å². The minimum atomic E-state index is -0.286. The molecule has 1 fully saturated rings. The molecule has 1 aliphatic rings. The molecule has 8 nitrogen and oxygen atoms in total. The maximum Gasteiger partial charge on any atom is 0.243 e. The number of amides is 2. The van der Waals surface area contributed by atoms with Gasteiger partial charge in [-0.05, 0) is 55.0 Å². The predicted molar refractivity (Wildman–Crippen MR) is 141 cm³/mol. The molecule has 0 atom stereocenters. The lowest BCUT2D eigenvalue weighted by molar-refractivity contribution is -0.133. The van der Waals surface area contributed by atoms with Crippen LogP contribution in [0.5, 0.6) is 5.75 Å². The van der Waals surface area contributed by atoms with E-state index in [9.17, 15) is 14.4 Å². The highest BCUT2D eigenvalue weighted by Crippen LogP contribution is 2.19. The number of morpholine rings is 1. The Kier molecular flexibility index (Phi) is 10.8. The van der Waals surface area contributed by atoms with Gasteiger partial charge in [-0.2, -0.15) is 0 Å². The lowest BCUT2D eigenvalue weighted by atomic mass is 10.1. The van der Waals surface area contributed by atoms with E-state index in [-0.39, 0.29) is 37.0 Å². The highest BCUT2D eigenvalue weighted by Gasteiger charge is 2.16. The quantitative estimate of drug-likeness (QED) is 0.332. The second-order valence-corrected chi connectivity index (χ2v) is 8.95. The normalized spacial score (nSPS) is 13.2. The van der Waals surface area contributed by atoms with Gasteiger partial charge in [0.05, 0.1) is 26.4 Å². The zero-order valence-electron chi connectivity index (χ0n) is 21.3. The van der Waals surface area contributed by atoms with Gasteiger partial charge in [-0.25, -0.2) is 0 Å². The molecule has 1 aliphatic heterocycles. The van der Waals surface area contributed by atoms with E-state index < -0.39 is 0 Å². The van der Waals surface area contributed by atoms with Gasteiger partial charge >= 0.3 is 0 Å². The number of benzene rings is 2. The molecule has 1 heterocycles. The molecule has 8 heteroatoms. The Hall–Kier alpha value is -3.39. The van der Waals surface area contributed by atoms with Gasteiger partial charge in [0.15, 0.2) is 5.78 Å². The Morgan fingerprint density at radius 3 is 2.33 bits per heavy atom. The van der Waals surface area contributed by atoms with Crippen molar-refractivity contribution >= 4 is 29.0 Å². The molecule has 2 amide bonds. The van der Waals surface area contributed by atoms with Crippen molar-refractivity contribution in [3.63, 3.8) is 0 Å². The monoisotopic (exact) mass is 495 g/mol. The van der Waals surface area contributed by atoms with Crippen LogP contribution in [0.15, 0.2) is 48.5 Å². The first-order valence-electron chi connectivity index (χ1n) is 12.7. The van der Waals surface area contributed by atoms with Crippen molar-refractivity contribution < 1.29 is 23.9 Å². The predicted octanol–water partition coefficient (Wildman–Crippen LogP) is 4.15. The van der Waals surface area contributed by atoms with Crippen LogP contribution >= 0.6 is 0 Å². The summed E-state index contributed by atoms with van der Waals surface area (Å²) in [5.41, 5.74) is 2.30. The van der Waals surface area contributed by atoms with Crippen LogP contribution in [0.4, 0.5) is 11.4 Å². The Bertz CT molecular complexity index is 985. The molecule has 2 aromatic rings. The van der Waals surface area contributed by atoms with Gasteiger partial charge in [0.25, 0.3) is 0 Å². The van der Waals surface area contributed by atoms with Crippen molar-refractivity contribution in [2.75, 3.05) is 56.7 Å². The van der Waals surface area contributed by atoms with Crippen LogP contribution in [0.25, 0.3) is 0 Å². The molecule has 1 saturated heterocycles. The largest absolute Gasteiger partial charge is 0.494 e. The third-order valence-electron chi connectivity index (χ3n) is 6.09. The summed E-state index contributed by atoms with van der Waals surface area (Å²) in [6.45, 7) is 5.84. The average Bonchev–Trinajstić information content (AvgIpc) is 2.90. The van der Waals surface area contributed by atoms with Gasteiger partial charge < -0.3 is 24.6 Å². The number of hydrogen-bond donors (Lipinski definition) is 1. The highest BCUT2D eigenvalue weighted by molar-refractivity contribution is 5.99. The van der Waals surface area contributed by atoms with E-state index in [4.69, 9.17) is 9.47 Å². The first kappa shape index (κ1) is 27.2. The summed E-state index contributed by atoms with van der Waals surface area (Å²) < 4.78 is 11.0. The molecule has 0 bridgehead atoms. The molecule has 2 aromatic carbocycles. The van der Waals surface area contributed by atoms with E-state index in [1.165, 1.54) is 4.90 Å². The van der Waals surface area contributed by atoms with Crippen molar-refractivity contribution in [1.29, 1.82) is 0 Å². The summed E-state index contributed by atoms with van der Waals surface area (Å²) in [5.74, 6) is 0.0853. The Balaban J connectivity index is 1.38. The Labute approximate surface area is 213 Å². The molecule has 194 valence electrons. The van der Waals surface area contributed by atoms with Gasteiger partial charge in [0.2, 0.25) is 11.8 Å². The fourth-order valence-electron chi connectivity index (χ4n) is 3.92. The van der Waals surface area contributed by atoms with Gasteiger partial charge in [-0.3, -0.25) is 14.4 Å². The number of nitrogens with zero attached hydrogens (tertiary/aromatic N) is 2. The highest BCUT2D eigenvalue weighted by atomic mass is 16.5. The average molecular weight is 496 g/mol. The van der Waals surface area contributed by atoms with Crippen molar-refractivity contribution in [2.45, 2.75) is 39.0 Å². The number of hydrogen-bond acceptors (Lipinski definition) is 6. The zero-order valence-corrected chi connectivity index (χ0v) is 21.3. The van der Waals surface area contributed by atoms with E-state index >= 15 is 0 Å². The Morgan fingerprint density at radius 1 is 0.972 bits per heavy atom. The molecule has 0 spiro atoms. The minimum absolute atomic E-state index is 0.0477. The van der Waals surface area contributed by atoms with Crippen molar-refractivity contribution in [2.24, 2.45) is 0 Å². The zero-order chi connectivity index (χ0) is 25.8. The number of Topliss-reactive ketones (excluding diaryl/α,β-unsaturated/α-hetero) is 1. The van der Waals surface area contributed by atoms with Crippen LogP contribution in [0.3, 0.4) is 0 Å². The number of likely N-dealkylation sites (N-methyl/N-ethyl adjacent to an activating group) is 1. The molecule has 0 saturated carbocycles. The van der Waals surface area contributed by atoms with E-state index in [0.717, 1.165) is 43.8 Å². The maximum absolute atomic E-state index is 12.5. The second-order valence-electron chi connectivity index (χ2n) is 8.95. The van der Waals surface area contributed by atoms with Crippen LogP contribution in [-0.2, 0) is 14.3 Å². The summed E-state index contributed by atoms with van der Waals surface area (Å²) in [5, 5.41) is 2.82. The summed E-state index contributed by atoms with van der Waals surface area (Å²) in [6.07, 6.45) is 3.41. The summed E-state index contributed by atoms with van der Waals surface area (Å²) in [6, 6.07) is 14.7. The van der Waals surface area contributed by atoms with Gasteiger partial charge in [0, 0.05) is 49.9 Å². The van der Waals surface area contributed by atoms with Gasteiger partial charge in [-0.1, -0.05) is 19.8 Å². The van der Waals surface area contributed by atoms with Crippen LogP contribution < -0.4 is 15.0 Å². The second kappa shape index (κ2) is 14.2. The summed E-state index contributed by atoms with van der Waals surface area (Å²) >= 11 is 0. The molecule has 1 N–H and O–H groups in total. The summed E-state index contributed by atoms with van der Waals surface area (Å²) in [4.78, 5) is 40.9. The molecule has 0 aromatic heterocycles.